The van der Waals surface area contributed by atoms with Gasteiger partial charge in [0.15, 0.2) is 0 Å². The average molecular weight is 347 g/mol. The summed E-state index contributed by atoms with van der Waals surface area (Å²) in [6.07, 6.45) is 4.60. The molecular weight excluding hydrogens is 322 g/mol. The van der Waals surface area contributed by atoms with Crippen LogP contribution < -0.4 is 5.32 Å². The molecule has 0 unspecified atom stereocenters. The van der Waals surface area contributed by atoms with E-state index >= 15 is 0 Å². The molecule has 0 aliphatic rings. The van der Waals surface area contributed by atoms with Crippen LogP contribution in [0.2, 0.25) is 0 Å². The summed E-state index contributed by atoms with van der Waals surface area (Å²) in [4.78, 5) is 11.8. The van der Waals surface area contributed by atoms with Gasteiger partial charge in [0.2, 0.25) is 11.8 Å². The topological polar surface area (TPSA) is 68.0 Å². The van der Waals surface area contributed by atoms with Crippen molar-refractivity contribution < 1.29 is 9.21 Å². The van der Waals surface area contributed by atoms with Crippen molar-refractivity contribution in [3.63, 3.8) is 0 Å². The number of nitrogens with zero attached hydrogens (tertiary/aromatic N) is 2. The Labute approximate surface area is 147 Å². The molecule has 0 atom stereocenters. The van der Waals surface area contributed by atoms with Crippen LogP contribution in [0.1, 0.15) is 43.7 Å². The Hall–Kier alpha value is -1.82. The second-order valence-electron chi connectivity index (χ2n) is 5.95. The molecule has 0 saturated carbocycles. The van der Waals surface area contributed by atoms with Crippen molar-refractivity contribution in [2.75, 3.05) is 12.3 Å². The highest BCUT2D eigenvalue weighted by Gasteiger charge is 2.11. The number of amides is 1. The molecule has 1 N–H and O–H groups in total. The van der Waals surface area contributed by atoms with Crippen LogP contribution in [0.4, 0.5) is 0 Å². The molecule has 2 rings (SSSR count). The lowest BCUT2D eigenvalue weighted by Gasteiger charge is -2.03. The van der Waals surface area contributed by atoms with Crippen molar-refractivity contribution >= 4 is 17.7 Å². The Morgan fingerprint density at radius 1 is 1.12 bits per heavy atom. The molecular formula is C18H25N3O2S. The molecule has 1 aromatic carbocycles. The van der Waals surface area contributed by atoms with Gasteiger partial charge in [-0.3, -0.25) is 4.79 Å². The summed E-state index contributed by atoms with van der Waals surface area (Å²) < 4.78 is 5.65. The third-order valence-electron chi connectivity index (χ3n) is 3.55. The first-order valence-corrected chi connectivity index (χ1v) is 9.38. The van der Waals surface area contributed by atoms with E-state index in [1.807, 2.05) is 26.0 Å². The minimum atomic E-state index is 0.00245. The van der Waals surface area contributed by atoms with Crippen LogP contribution >= 0.6 is 11.8 Å². The smallest absolute Gasteiger partial charge is 0.277 e. The molecule has 24 heavy (non-hydrogen) atoms. The molecule has 0 fully saturated rings. The number of rotatable bonds is 9. The minimum Gasteiger partial charge on any atom is -0.411 e. The van der Waals surface area contributed by atoms with Crippen LogP contribution in [0.25, 0.3) is 11.5 Å². The van der Waals surface area contributed by atoms with E-state index in [4.69, 9.17) is 4.42 Å². The van der Waals surface area contributed by atoms with Crippen LogP contribution in [-0.2, 0) is 4.79 Å². The van der Waals surface area contributed by atoms with E-state index in [9.17, 15) is 4.79 Å². The number of aryl methyl sites for hydroxylation is 2. The lowest BCUT2D eigenvalue weighted by molar-refractivity contribution is -0.118. The Morgan fingerprint density at radius 2 is 1.88 bits per heavy atom. The summed E-state index contributed by atoms with van der Waals surface area (Å²) in [6, 6.07) is 6.12. The lowest BCUT2D eigenvalue weighted by Crippen LogP contribution is -2.26. The zero-order valence-corrected chi connectivity index (χ0v) is 15.4. The van der Waals surface area contributed by atoms with Gasteiger partial charge in [-0.2, -0.15) is 0 Å². The van der Waals surface area contributed by atoms with E-state index in [2.05, 4.69) is 28.5 Å². The minimum absolute atomic E-state index is 0.00245. The molecule has 130 valence electrons. The molecule has 0 aliphatic carbocycles. The van der Waals surface area contributed by atoms with Crippen molar-refractivity contribution in [3.8, 4) is 11.5 Å². The molecule has 0 radical (unpaired) electrons. The number of nitrogens with one attached hydrogen (secondary N) is 1. The van der Waals surface area contributed by atoms with E-state index < -0.39 is 0 Å². The number of benzene rings is 1. The molecule has 0 saturated heterocycles. The summed E-state index contributed by atoms with van der Waals surface area (Å²) in [5.74, 6) is 0.786. The largest absolute Gasteiger partial charge is 0.411 e. The van der Waals surface area contributed by atoms with Gasteiger partial charge in [0.05, 0.1) is 5.75 Å². The Morgan fingerprint density at radius 3 is 2.58 bits per heavy atom. The molecule has 1 amide bonds. The summed E-state index contributed by atoms with van der Waals surface area (Å²) >= 11 is 1.27. The van der Waals surface area contributed by atoms with E-state index in [0.29, 0.717) is 16.9 Å². The zero-order chi connectivity index (χ0) is 17.4. The van der Waals surface area contributed by atoms with Gasteiger partial charge in [0.1, 0.15) is 0 Å². The van der Waals surface area contributed by atoms with Gasteiger partial charge in [-0.15, -0.1) is 10.2 Å². The van der Waals surface area contributed by atoms with E-state index in [1.54, 1.807) is 0 Å². The number of unbranched alkanes of at least 4 members (excludes halogenated alkanes) is 3. The number of carbonyl (C=O) groups is 1. The predicted molar refractivity (Wildman–Crippen MR) is 97.1 cm³/mol. The standard InChI is InChI=1S/C18H25N3O2S/c1-4-5-6-7-8-19-16(22)12-24-18-21-20-17(23-18)15-10-13(2)9-14(3)11-15/h9-11H,4-8,12H2,1-3H3,(H,19,22). The molecule has 6 heteroatoms. The summed E-state index contributed by atoms with van der Waals surface area (Å²) in [6.45, 7) is 6.98. The highest BCUT2D eigenvalue weighted by atomic mass is 32.2. The maximum Gasteiger partial charge on any atom is 0.277 e. The maximum atomic E-state index is 11.8. The molecule has 1 heterocycles. The first kappa shape index (κ1) is 18.5. The van der Waals surface area contributed by atoms with Gasteiger partial charge in [0, 0.05) is 12.1 Å². The van der Waals surface area contributed by atoms with Gasteiger partial charge in [-0.25, -0.2) is 0 Å². The summed E-state index contributed by atoms with van der Waals surface area (Å²) in [5.41, 5.74) is 3.21. The second-order valence-corrected chi connectivity index (χ2v) is 6.88. The maximum absolute atomic E-state index is 11.8. The van der Waals surface area contributed by atoms with Crippen LogP contribution in [0.3, 0.4) is 0 Å². The average Bonchev–Trinajstić information content (AvgIpc) is 3.01. The molecule has 1 aromatic heterocycles. The third-order valence-corrected chi connectivity index (χ3v) is 4.37. The molecule has 0 aliphatic heterocycles. The first-order chi connectivity index (χ1) is 11.6. The third kappa shape index (κ3) is 6.00. The van der Waals surface area contributed by atoms with Gasteiger partial charge in [-0.1, -0.05) is 55.1 Å². The summed E-state index contributed by atoms with van der Waals surface area (Å²) in [7, 11) is 0. The van der Waals surface area contributed by atoms with Gasteiger partial charge < -0.3 is 9.73 Å². The Bertz CT molecular complexity index is 650. The number of hydrogen-bond acceptors (Lipinski definition) is 5. The highest BCUT2D eigenvalue weighted by molar-refractivity contribution is 7.99. The van der Waals surface area contributed by atoms with Crippen molar-refractivity contribution in [1.29, 1.82) is 0 Å². The van der Waals surface area contributed by atoms with E-state index in [1.165, 1.54) is 24.6 Å². The van der Waals surface area contributed by atoms with Crippen molar-refractivity contribution in [2.24, 2.45) is 0 Å². The van der Waals surface area contributed by atoms with Crippen LogP contribution in [-0.4, -0.2) is 28.4 Å². The van der Waals surface area contributed by atoms with Crippen molar-refractivity contribution in [2.45, 2.75) is 51.7 Å². The molecule has 0 bridgehead atoms. The summed E-state index contributed by atoms with van der Waals surface area (Å²) in [5, 5.41) is 11.4. The van der Waals surface area contributed by atoms with Gasteiger partial charge in [-0.05, 0) is 32.4 Å². The van der Waals surface area contributed by atoms with E-state index in [0.717, 1.165) is 36.1 Å². The predicted octanol–water partition coefficient (Wildman–Crippen LogP) is 4.14. The molecule has 0 spiro atoms. The van der Waals surface area contributed by atoms with Gasteiger partial charge >= 0.3 is 0 Å². The van der Waals surface area contributed by atoms with Gasteiger partial charge in [0.25, 0.3) is 5.22 Å². The number of hydrogen-bond donors (Lipinski definition) is 1. The van der Waals surface area contributed by atoms with Crippen LogP contribution in [0, 0.1) is 13.8 Å². The highest BCUT2D eigenvalue weighted by Crippen LogP contribution is 2.24. The fourth-order valence-electron chi connectivity index (χ4n) is 2.44. The van der Waals surface area contributed by atoms with Crippen molar-refractivity contribution in [1.82, 2.24) is 15.5 Å². The second kappa shape index (κ2) is 9.47. The normalized spacial score (nSPS) is 10.8. The fourth-order valence-corrected chi connectivity index (χ4v) is 3.03. The number of carbonyl (C=O) groups excluding carboxylic acids is 1. The molecule has 2 aromatic rings. The van der Waals surface area contributed by atoms with Crippen LogP contribution in [0.5, 0.6) is 0 Å². The quantitative estimate of drug-likeness (QED) is 0.545. The fraction of sp³-hybridized carbons (Fsp3) is 0.500. The number of thioether (sulfide) groups is 1. The monoisotopic (exact) mass is 347 g/mol. The SMILES string of the molecule is CCCCCCNC(=O)CSc1nnc(-c2cc(C)cc(C)c2)o1. The lowest BCUT2D eigenvalue weighted by atomic mass is 10.1. The molecule has 5 nitrogen and oxygen atoms in total. The van der Waals surface area contributed by atoms with Crippen LogP contribution in [0.15, 0.2) is 27.8 Å². The van der Waals surface area contributed by atoms with Crippen molar-refractivity contribution in [3.05, 3.63) is 29.3 Å². The Balaban J connectivity index is 1.80. The number of aromatic nitrogens is 2. The first-order valence-electron chi connectivity index (χ1n) is 8.40. The zero-order valence-electron chi connectivity index (χ0n) is 14.6. The van der Waals surface area contributed by atoms with E-state index in [-0.39, 0.29) is 5.91 Å². The Kier molecular flexibility index (Phi) is 7.31.